The molecule has 1 aliphatic heterocycles. The number of fused-ring (bicyclic) bond motifs is 3. The van der Waals surface area contributed by atoms with Gasteiger partial charge in [-0.3, -0.25) is 0 Å². The van der Waals surface area contributed by atoms with Crippen LogP contribution in [0.15, 0.2) is 18.3 Å². The summed E-state index contributed by atoms with van der Waals surface area (Å²) in [6, 6.07) is 4.16. The van der Waals surface area contributed by atoms with E-state index < -0.39 is 0 Å². The summed E-state index contributed by atoms with van der Waals surface area (Å²) in [4.78, 5) is 7.75. The molecule has 3 rings (SSSR count). The molecule has 72 valence electrons. The van der Waals surface area contributed by atoms with Crippen molar-refractivity contribution < 1.29 is 0 Å². The zero-order chi connectivity index (χ0) is 9.38. The number of rotatable bonds is 0. The Morgan fingerprint density at radius 3 is 3.14 bits per heavy atom. The van der Waals surface area contributed by atoms with Gasteiger partial charge in [-0.05, 0) is 30.7 Å². The predicted molar refractivity (Wildman–Crippen MR) is 56.4 cm³/mol. The molecule has 0 fully saturated rings. The van der Waals surface area contributed by atoms with Gasteiger partial charge in [-0.15, -0.1) is 0 Å². The molecule has 2 aromatic rings. The number of H-pyrrole nitrogens is 1. The maximum absolute atomic E-state index is 4.34. The van der Waals surface area contributed by atoms with E-state index in [2.05, 4.69) is 21.4 Å². The Balaban J connectivity index is 2.24. The molecule has 0 atom stereocenters. The molecular weight excluding hydrogens is 174 g/mol. The van der Waals surface area contributed by atoms with E-state index in [1.165, 1.54) is 16.6 Å². The number of hydrogen-bond acceptors (Lipinski definition) is 2. The summed E-state index contributed by atoms with van der Waals surface area (Å²) in [5, 5.41) is 4.70. The predicted octanol–water partition coefficient (Wildman–Crippen LogP) is 1.25. The normalized spacial score (nSPS) is 16.6. The Hall–Kier alpha value is -1.35. The lowest BCUT2D eigenvalue weighted by atomic mass is 10.1. The van der Waals surface area contributed by atoms with E-state index in [9.17, 15) is 0 Å². The zero-order valence-electron chi connectivity index (χ0n) is 8.01. The average molecular weight is 187 g/mol. The number of aromatic nitrogens is 2. The molecule has 0 aromatic carbocycles. The first-order chi connectivity index (χ1) is 6.95. The largest absolute Gasteiger partial charge is 0.343 e. The fourth-order valence-corrected chi connectivity index (χ4v) is 2.18. The minimum absolute atomic E-state index is 1.04. The van der Waals surface area contributed by atoms with Crippen molar-refractivity contribution in [3.63, 3.8) is 0 Å². The van der Waals surface area contributed by atoms with Crippen LogP contribution < -0.4 is 5.32 Å². The molecule has 0 bridgehead atoms. The summed E-state index contributed by atoms with van der Waals surface area (Å²) in [5.41, 5.74) is 3.86. The van der Waals surface area contributed by atoms with E-state index in [4.69, 9.17) is 0 Å². The molecule has 0 radical (unpaired) electrons. The van der Waals surface area contributed by atoms with Crippen molar-refractivity contribution in [2.75, 3.05) is 13.1 Å². The number of nitrogens with one attached hydrogen (secondary N) is 2. The van der Waals surface area contributed by atoms with Gasteiger partial charge in [-0.25, -0.2) is 4.98 Å². The van der Waals surface area contributed by atoms with Gasteiger partial charge in [0.2, 0.25) is 0 Å². The standard InChI is InChI=1S/C11H13N3/c1-2-9-8-3-6-12-7-4-10(8)14-11(9)13-5-1/h1-2,5,12H,3-4,6-7H2,(H,13,14). The highest BCUT2D eigenvalue weighted by Gasteiger charge is 2.13. The van der Waals surface area contributed by atoms with Crippen molar-refractivity contribution in [1.29, 1.82) is 0 Å². The molecule has 0 aliphatic carbocycles. The highest BCUT2D eigenvalue weighted by molar-refractivity contribution is 5.81. The molecule has 3 nitrogen and oxygen atoms in total. The minimum Gasteiger partial charge on any atom is -0.343 e. The van der Waals surface area contributed by atoms with Crippen LogP contribution in [-0.2, 0) is 12.8 Å². The fraction of sp³-hybridized carbons (Fsp3) is 0.364. The monoisotopic (exact) mass is 187 g/mol. The van der Waals surface area contributed by atoms with Gasteiger partial charge in [0.1, 0.15) is 5.65 Å². The van der Waals surface area contributed by atoms with Crippen LogP contribution in [0.5, 0.6) is 0 Å². The third-order valence-corrected chi connectivity index (χ3v) is 2.87. The van der Waals surface area contributed by atoms with E-state index in [1.807, 2.05) is 12.3 Å². The summed E-state index contributed by atoms with van der Waals surface area (Å²) in [7, 11) is 0. The van der Waals surface area contributed by atoms with Crippen LogP contribution in [0.2, 0.25) is 0 Å². The Kier molecular flexibility index (Phi) is 1.77. The lowest BCUT2D eigenvalue weighted by molar-refractivity contribution is 0.708. The summed E-state index contributed by atoms with van der Waals surface area (Å²) in [5.74, 6) is 0. The summed E-state index contributed by atoms with van der Waals surface area (Å²) < 4.78 is 0. The van der Waals surface area contributed by atoms with Crippen LogP contribution in [0.4, 0.5) is 0 Å². The maximum atomic E-state index is 4.34. The first-order valence-corrected chi connectivity index (χ1v) is 5.10. The van der Waals surface area contributed by atoms with Crippen LogP contribution in [0, 0.1) is 0 Å². The Bertz CT molecular complexity index is 459. The third-order valence-electron chi connectivity index (χ3n) is 2.87. The topological polar surface area (TPSA) is 40.7 Å². The van der Waals surface area contributed by atoms with Crippen LogP contribution >= 0.6 is 0 Å². The third kappa shape index (κ3) is 1.13. The zero-order valence-corrected chi connectivity index (χ0v) is 8.01. The van der Waals surface area contributed by atoms with Crippen molar-refractivity contribution in [3.05, 3.63) is 29.6 Å². The Morgan fingerprint density at radius 2 is 2.14 bits per heavy atom. The summed E-state index contributed by atoms with van der Waals surface area (Å²) in [6.45, 7) is 2.15. The second-order valence-electron chi connectivity index (χ2n) is 3.73. The van der Waals surface area contributed by atoms with Gasteiger partial charge >= 0.3 is 0 Å². The molecule has 1 aliphatic rings. The SMILES string of the molecule is c1cnc2[nH]c3c(c2c1)CCNCC3. The molecule has 2 N–H and O–H groups in total. The number of hydrogen-bond donors (Lipinski definition) is 2. The van der Waals surface area contributed by atoms with Gasteiger partial charge in [-0.1, -0.05) is 0 Å². The highest BCUT2D eigenvalue weighted by Crippen LogP contribution is 2.22. The Labute approximate surface area is 82.5 Å². The fourth-order valence-electron chi connectivity index (χ4n) is 2.18. The number of nitrogens with zero attached hydrogens (tertiary/aromatic N) is 1. The average Bonchev–Trinajstić information content (AvgIpc) is 2.42. The lowest BCUT2D eigenvalue weighted by Crippen LogP contribution is -2.16. The van der Waals surface area contributed by atoms with Crippen LogP contribution in [0.25, 0.3) is 11.0 Å². The van der Waals surface area contributed by atoms with E-state index in [1.54, 1.807) is 0 Å². The van der Waals surface area contributed by atoms with Crippen molar-refractivity contribution in [2.24, 2.45) is 0 Å². The molecule has 0 saturated carbocycles. The second kappa shape index (κ2) is 3.10. The molecular formula is C11H13N3. The first-order valence-electron chi connectivity index (χ1n) is 5.10. The van der Waals surface area contributed by atoms with Crippen molar-refractivity contribution >= 4 is 11.0 Å². The molecule has 0 amide bonds. The van der Waals surface area contributed by atoms with Crippen LogP contribution in [0.3, 0.4) is 0 Å². The van der Waals surface area contributed by atoms with E-state index >= 15 is 0 Å². The maximum Gasteiger partial charge on any atom is 0.137 e. The van der Waals surface area contributed by atoms with E-state index in [-0.39, 0.29) is 0 Å². The van der Waals surface area contributed by atoms with E-state index in [0.717, 1.165) is 31.6 Å². The second-order valence-corrected chi connectivity index (χ2v) is 3.73. The first kappa shape index (κ1) is 8.00. The van der Waals surface area contributed by atoms with E-state index in [0.29, 0.717) is 0 Å². The van der Waals surface area contributed by atoms with Gasteiger partial charge in [0.05, 0.1) is 0 Å². The molecule has 3 heteroatoms. The summed E-state index contributed by atoms with van der Waals surface area (Å²) >= 11 is 0. The molecule has 14 heavy (non-hydrogen) atoms. The summed E-state index contributed by atoms with van der Waals surface area (Å²) in [6.07, 6.45) is 4.04. The van der Waals surface area contributed by atoms with Crippen molar-refractivity contribution in [1.82, 2.24) is 15.3 Å². The van der Waals surface area contributed by atoms with Gasteiger partial charge < -0.3 is 10.3 Å². The van der Waals surface area contributed by atoms with Gasteiger partial charge in [0.25, 0.3) is 0 Å². The van der Waals surface area contributed by atoms with Gasteiger partial charge in [0.15, 0.2) is 0 Å². The number of aromatic amines is 1. The molecule has 0 spiro atoms. The lowest BCUT2D eigenvalue weighted by Gasteiger charge is -1.96. The van der Waals surface area contributed by atoms with Crippen LogP contribution in [-0.4, -0.2) is 23.1 Å². The smallest absolute Gasteiger partial charge is 0.137 e. The molecule has 2 aromatic heterocycles. The van der Waals surface area contributed by atoms with Gasteiger partial charge in [-0.2, -0.15) is 0 Å². The van der Waals surface area contributed by atoms with Crippen molar-refractivity contribution in [3.8, 4) is 0 Å². The molecule has 0 unspecified atom stereocenters. The van der Waals surface area contributed by atoms with Crippen LogP contribution in [0.1, 0.15) is 11.3 Å². The van der Waals surface area contributed by atoms with Gasteiger partial charge in [0, 0.05) is 30.2 Å². The van der Waals surface area contributed by atoms with Crippen molar-refractivity contribution in [2.45, 2.75) is 12.8 Å². The molecule has 3 heterocycles. The minimum atomic E-state index is 1.04. The highest BCUT2D eigenvalue weighted by atomic mass is 14.9. The quantitative estimate of drug-likeness (QED) is 0.651. The Morgan fingerprint density at radius 1 is 1.21 bits per heavy atom. The number of pyridine rings is 1. The molecule has 0 saturated heterocycles.